The number of aliphatic carboxylic acids is 1. The minimum Gasteiger partial charge on any atom is -0.481 e. The number of rotatable bonds is 5. The fourth-order valence-electron chi connectivity index (χ4n) is 2.09. The predicted molar refractivity (Wildman–Crippen MR) is 73.5 cm³/mol. The van der Waals surface area contributed by atoms with Crippen molar-refractivity contribution in [1.29, 1.82) is 0 Å². The normalized spacial score (nSPS) is 13.4. The van der Waals surface area contributed by atoms with Crippen LogP contribution in [0.25, 0.3) is 0 Å². The van der Waals surface area contributed by atoms with Gasteiger partial charge in [-0.2, -0.15) is 0 Å². The summed E-state index contributed by atoms with van der Waals surface area (Å²) in [6, 6.07) is 3.13. The smallest absolute Gasteiger partial charge is 0.303 e. The summed E-state index contributed by atoms with van der Waals surface area (Å²) in [5, 5.41) is 8.64. The molecule has 0 saturated heterocycles. The molecule has 1 aromatic carbocycles. The molecule has 0 fully saturated rings. The second-order valence-corrected chi connectivity index (χ2v) is 5.88. The molecule has 0 bridgehead atoms. The van der Waals surface area contributed by atoms with Crippen molar-refractivity contribution in [3.8, 4) is 0 Å². The number of halogens is 3. The van der Waals surface area contributed by atoms with E-state index in [9.17, 15) is 13.6 Å². The van der Waals surface area contributed by atoms with Crippen molar-refractivity contribution >= 4 is 21.9 Å². The zero-order chi connectivity index (χ0) is 14.8. The van der Waals surface area contributed by atoms with Crippen molar-refractivity contribution in [2.24, 2.45) is 5.92 Å². The molecule has 1 aromatic rings. The van der Waals surface area contributed by atoms with Gasteiger partial charge in [-0.1, -0.05) is 22.9 Å². The van der Waals surface area contributed by atoms with Crippen LogP contribution in [0.4, 0.5) is 8.78 Å². The van der Waals surface area contributed by atoms with Crippen molar-refractivity contribution in [1.82, 2.24) is 0 Å². The Hall–Kier alpha value is -0.970. The average Bonchev–Trinajstić information content (AvgIpc) is 2.20. The highest BCUT2D eigenvalue weighted by Crippen LogP contribution is 2.39. The van der Waals surface area contributed by atoms with E-state index in [4.69, 9.17) is 5.11 Å². The Morgan fingerprint density at radius 3 is 2.47 bits per heavy atom. The lowest BCUT2D eigenvalue weighted by atomic mass is 9.91. The maximum atomic E-state index is 14.2. The highest BCUT2D eigenvalue weighted by Gasteiger charge is 2.35. The number of hydrogen-bond acceptors (Lipinski definition) is 1. The van der Waals surface area contributed by atoms with E-state index in [1.54, 1.807) is 19.9 Å². The van der Waals surface area contributed by atoms with Crippen LogP contribution in [0.3, 0.4) is 0 Å². The SMILES string of the molecule is Cc1cc(C(F)(F)CC(C)CC(=O)O)c(C)cc1Br. The molecule has 106 valence electrons. The van der Waals surface area contributed by atoms with Gasteiger partial charge >= 0.3 is 5.97 Å². The minimum absolute atomic E-state index is 0.0227. The molecule has 1 atom stereocenters. The average molecular weight is 335 g/mol. The van der Waals surface area contributed by atoms with Gasteiger partial charge in [0.1, 0.15) is 0 Å². The maximum absolute atomic E-state index is 14.2. The summed E-state index contributed by atoms with van der Waals surface area (Å²) >= 11 is 3.31. The van der Waals surface area contributed by atoms with Crippen molar-refractivity contribution in [2.45, 2.75) is 39.5 Å². The van der Waals surface area contributed by atoms with E-state index in [1.165, 1.54) is 13.0 Å². The Labute approximate surface area is 120 Å². The van der Waals surface area contributed by atoms with Gasteiger partial charge in [-0.15, -0.1) is 0 Å². The zero-order valence-electron chi connectivity index (χ0n) is 11.1. The van der Waals surface area contributed by atoms with Gasteiger partial charge < -0.3 is 5.11 Å². The van der Waals surface area contributed by atoms with Crippen LogP contribution in [-0.2, 0) is 10.7 Å². The molecule has 19 heavy (non-hydrogen) atoms. The van der Waals surface area contributed by atoms with Gasteiger partial charge in [-0.25, -0.2) is 8.78 Å². The number of alkyl halides is 2. The first-order valence-corrected chi connectivity index (χ1v) is 6.79. The van der Waals surface area contributed by atoms with E-state index in [0.29, 0.717) is 5.56 Å². The minimum atomic E-state index is -3.01. The number of carboxylic acids is 1. The van der Waals surface area contributed by atoms with Crippen LogP contribution in [0.15, 0.2) is 16.6 Å². The molecule has 0 aliphatic rings. The number of aryl methyl sites for hydroxylation is 2. The molecule has 0 heterocycles. The van der Waals surface area contributed by atoms with E-state index in [-0.39, 0.29) is 12.0 Å². The molecule has 0 aliphatic carbocycles. The van der Waals surface area contributed by atoms with Crippen molar-refractivity contribution in [2.75, 3.05) is 0 Å². The number of carboxylic acid groups (broad SMARTS) is 1. The topological polar surface area (TPSA) is 37.3 Å². The monoisotopic (exact) mass is 334 g/mol. The molecular weight excluding hydrogens is 318 g/mol. The molecule has 0 aliphatic heterocycles. The van der Waals surface area contributed by atoms with E-state index < -0.39 is 24.2 Å². The maximum Gasteiger partial charge on any atom is 0.303 e. The van der Waals surface area contributed by atoms with Crippen LogP contribution in [0.1, 0.15) is 36.5 Å². The highest BCUT2D eigenvalue weighted by atomic mass is 79.9. The number of benzene rings is 1. The molecule has 1 N–H and O–H groups in total. The standard InChI is InChI=1S/C14H17BrF2O2/c1-8(4-13(18)19)7-14(16,17)11-5-10(3)12(15)6-9(11)2/h5-6,8H,4,7H2,1-3H3,(H,18,19). The molecule has 0 amide bonds. The van der Waals surface area contributed by atoms with Gasteiger partial charge in [-0.05, 0) is 43.0 Å². The van der Waals surface area contributed by atoms with Crippen LogP contribution in [-0.4, -0.2) is 11.1 Å². The second-order valence-electron chi connectivity index (χ2n) is 5.03. The molecule has 5 heteroatoms. The lowest BCUT2D eigenvalue weighted by Crippen LogP contribution is -2.20. The zero-order valence-corrected chi connectivity index (χ0v) is 12.7. The number of carbonyl (C=O) groups is 1. The third-order valence-corrected chi connectivity index (χ3v) is 3.88. The Morgan fingerprint density at radius 1 is 1.37 bits per heavy atom. The molecule has 1 unspecified atom stereocenters. The van der Waals surface area contributed by atoms with E-state index in [2.05, 4.69) is 15.9 Å². The van der Waals surface area contributed by atoms with Gasteiger partial charge in [0.2, 0.25) is 0 Å². The third kappa shape index (κ3) is 4.27. The highest BCUT2D eigenvalue weighted by molar-refractivity contribution is 9.10. The molecule has 0 radical (unpaired) electrons. The Bertz CT molecular complexity index is 487. The van der Waals surface area contributed by atoms with Crippen LogP contribution in [0.5, 0.6) is 0 Å². The summed E-state index contributed by atoms with van der Waals surface area (Å²) in [7, 11) is 0. The molecular formula is C14H17BrF2O2. The van der Waals surface area contributed by atoms with E-state index in [1.807, 2.05) is 0 Å². The van der Waals surface area contributed by atoms with Crippen molar-refractivity contribution in [3.05, 3.63) is 33.3 Å². The lowest BCUT2D eigenvalue weighted by molar-refractivity contribution is -0.138. The Kier molecular flexibility index (Phi) is 5.07. The van der Waals surface area contributed by atoms with Gasteiger partial charge in [0.15, 0.2) is 0 Å². The first-order valence-electron chi connectivity index (χ1n) is 6.00. The quantitative estimate of drug-likeness (QED) is 0.850. The fourth-order valence-corrected chi connectivity index (χ4v) is 2.55. The molecule has 1 rings (SSSR count). The van der Waals surface area contributed by atoms with Gasteiger partial charge in [0.25, 0.3) is 5.92 Å². The summed E-state index contributed by atoms with van der Waals surface area (Å²) in [6.45, 7) is 4.92. The summed E-state index contributed by atoms with van der Waals surface area (Å²) in [5.74, 6) is -4.63. The predicted octanol–water partition coefficient (Wildman–Crippen LogP) is 4.66. The second kappa shape index (κ2) is 5.99. The Balaban J connectivity index is 2.99. The molecule has 0 saturated carbocycles. The van der Waals surface area contributed by atoms with E-state index >= 15 is 0 Å². The van der Waals surface area contributed by atoms with Crippen molar-refractivity contribution < 1.29 is 18.7 Å². The first kappa shape index (κ1) is 16.1. The van der Waals surface area contributed by atoms with Crippen LogP contribution in [0.2, 0.25) is 0 Å². The van der Waals surface area contributed by atoms with E-state index in [0.717, 1.165) is 10.0 Å². The summed E-state index contributed by atoms with van der Waals surface area (Å²) < 4.78 is 29.2. The fraction of sp³-hybridized carbons (Fsp3) is 0.500. The van der Waals surface area contributed by atoms with Crippen LogP contribution >= 0.6 is 15.9 Å². The largest absolute Gasteiger partial charge is 0.481 e. The van der Waals surface area contributed by atoms with Gasteiger partial charge in [0, 0.05) is 22.9 Å². The summed E-state index contributed by atoms with van der Waals surface area (Å²) in [6.07, 6.45) is -0.703. The first-order chi connectivity index (χ1) is 8.63. The van der Waals surface area contributed by atoms with Crippen LogP contribution in [0, 0.1) is 19.8 Å². The molecule has 2 nitrogen and oxygen atoms in total. The molecule has 0 spiro atoms. The van der Waals surface area contributed by atoms with Gasteiger partial charge in [-0.3, -0.25) is 4.79 Å². The lowest BCUT2D eigenvalue weighted by Gasteiger charge is -2.22. The molecule has 0 aromatic heterocycles. The van der Waals surface area contributed by atoms with Gasteiger partial charge in [0.05, 0.1) is 0 Å². The van der Waals surface area contributed by atoms with Crippen LogP contribution < -0.4 is 0 Å². The number of hydrogen-bond donors (Lipinski definition) is 1. The summed E-state index contributed by atoms with van der Waals surface area (Å²) in [5.41, 5.74) is 1.22. The van der Waals surface area contributed by atoms with Crippen molar-refractivity contribution in [3.63, 3.8) is 0 Å². The summed E-state index contributed by atoms with van der Waals surface area (Å²) in [4.78, 5) is 10.5. The third-order valence-electron chi connectivity index (χ3n) is 3.03. The Morgan fingerprint density at radius 2 is 1.95 bits per heavy atom.